The number of hydrogen-bond donors (Lipinski definition) is 2. The fraction of sp³-hybridized carbons (Fsp3) is 0. The van der Waals surface area contributed by atoms with Crippen molar-refractivity contribution in [2.24, 2.45) is 5.10 Å². The van der Waals surface area contributed by atoms with Gasteiger partial charge in [0.2, 0.25) is 5.78 Å². The summed E-state index contributed by atoms with van der Waals surface area (Å²) in [5.41, 5.74) is 5.02. The van der Waals surface area contributed by atoms with Crippen molar-refractivity contribution in [1.82, 2.24) is 0 Å². The van der Waals surface area contributed by atoms with Gasteiger partial charge >= 0.3 is 0 Å². The van der Waals surface area contributed by atoms with Crippen LogP contribution in [0.25, 0.3) is 16.8 Å². The average Bonchev–Trinajstić information content (AvgIpc) is 2.66. The van der Waals surface area contributed by atoms with E-state index < -0.39 is 10.1 Å². The third-order valence-corrected chi connectivity index (χ3v) is 5.23. The molecule has 7 heteroatoms. The second-order valence-electron chi connectivity index (χ2n) is 5.99. The van der Waals surface area contributed by atoms with E-state index >= 15 is 0 Å². The van der Waals surface area contributed by atoms with Gasteiger partial charge in [0.25, 0.3) is 10.1 Å². The summed E-state index contributed by atoms with van der Waals surface area (Å²) in [5.74, 6) is -0.195. The zero-order valence-corrected chi connectivity index (χ0v) is 14.8. The van der Waals surface area contributed by atoms with Crippen LogP contribution in [0.15, 0.2) is 76.7 Å². The molecule has 6 nitrogen and oxygen atoms in total. The first kappa shape index (κ1) is 17.1. The Morgan fingerprint density at radius 3 is 2.33 bits per heavy atom. The Kier molecular flexibility index (Phi) is 4.10. The minimum atomic E-state index is -4.35. The monoisotopic (exact) mass is 378 g/mol. The molecule has 4 rings (SSSR count). The van der Waals surface area contributed by atoms with Gasteiger partial charge in [0.1, 0.15) is 10.6 Å². The lowest BCUT2D eigenvalue weighted by molar-refractivity contribution is 0.106. The van der Waals surface area contributed by atoms with E-state index in [9.17, 15) is 17.8 Å². The lowest BCUT2D eigenvalue weighted by Gasteiger charge is -2.12. The summed E-state index contributed by atoms with van der Waals surface area (Å²) < 4.78 is 32.6. The van der Waals surface area contributed by atoms with Gasteiger partial charge in [-0.05, 0) is 23.8 Å². The van der Waals surface area contributed by atoms with Gasteiger partial charge in [0.15, 0.2) is 0 Å². The predicted molar refractivity (Wildman–Crippen MR) is 105 cm³/mol. The van der Waals surface area contributed by atoms with Crippen molar-refractivity contribution in [3.63, 3.8) is 0 Å². The molecule has 1 aliphatic rings. The fourth-order valence-corrected chi connectivity index (χ4v) is 3.73. The summed E-state index contributed by atoms with van der Waals surface area (Å²) in [6.07, 6.45) is 3.45. The number of nitrogens with zero attached hydrogens (tertiary/aromatic N) is 1. The zero-order chi connectivity index (χ0) is 19.0. The van der Waals surface area contributed by atoms with Crippen LogP contribution >= 0.6 is 0 Å². The summed E-state index contributed by atoms with van der Waals surface area (Å²) in [4.78, 5) is 12.4. The van der Waals surface area contributed by atoms with Gasteiger partial charge in [0.05, 0.1) is 5.69 Å². The molecule has 1 aliphatic carbocycles. The quantitative estimate of drug-likeness (QED) is 0.534. The van der Waals surface area contributed by atoms with Crippen LogP contribution < -0.4 is 5.43 Å². The lowest BCUT2D eigenvalue weighted by atomic mass is 9.95. The number of nitrogens with one attached hydrogen (secondary N) is 1. The number of benzene rings is 3. The van der Waals surface area contributed by atoms with Crippen LogP contribution in [0.2, 0.25) is 0 Å². The molecule has 0 aliphatic heterocycles. The van der Waals surface area contributed by atoms with E-state index in [1.54, 1.807) is 42.5 Å². The standard InChI is InChI=1S/C20H14N2O4S/c23-20-14-6-2-1-5-13(14)9-10-18(20)22-21-17-11-12-19(27(24,25)26)16-8-4-3-7-15(16)17/h1-12,21H,(H,24,25,26)/b22-18+. The molecule has 0 heterocycles. The summed E-state index contributed by atoms with van der Waals surface area (Å²) in [5, 5.41) is 5.12. The topological polar surface area (TPSA) is 95.8 Å². The number of fused-ring (bicyclic) bond motifs is 2. The van der Waals surface area contributed by atoms with Crippen LogP contribution in [0.5, 0.6) is 0 Å². The molecule has 0 spiro atoms. The van der Waals surface area contributed by atoms with Crippen molar-refractivity contribution in [1.29, 1.82) is 0 Å². The summed E-state index contributed by atoms with van der Waals surface area (Å²) in [7, 11) is -4.35. The molecule has 27 heavy (non-hydrogen) atoms. The highest BCUT2D eigenvalue weighted by molar-refractivity contribution is 7.86. The molecule has 2 N–H and O–H groups in total. The maximum atomic E-state index is 12.6. The first-order valence-electron chi connectivity index (χ1n) is 8.10. The Hall–Kier alpha value is -3.29. The number of carbonyl (C=O) groups excluding carboxylic acids is 1. The molecule has 0 atom stereocenters. The Labute approximate surface area is 155 Å². The van der Waals surface area contributed by atoms with Crippen molar-refractivity contribution in [3.8, 4) is 0 Å². The molecule has 0 amide bonds. The molecule has 3 aromatic rings. The number of allylic oxidation sites excluding steroid dienone is 1. The first-order chi connectivity index (χ1) is 12.9. The molecule has 0 aromatic heterocycles. The number of anilines is 1. The van der Waals surface area contributed by atoms with Gasteiger partial charge < -0.3 is 0 Å². The van der Waals surface area contributed by atoms with E-state index in [-0.39, 0.29) is 16.4 Å². The SMILES string of the molecule is O=C1/C(=N/Nc2ccc(S(=O)(=O)O)c3ccccc23)C=Cc2ccccc21. The molecule has 0 bridgehead atoms. The van der Waals surface area contributed by atoms with Crippen molar-refractivity contribution in [2.45, 2.75) is 4.90 Å². The first-order valence-corrected chi connectivity index (χ1v) is 9.54. The normalized spacial score (nSPS) is 15.1. The largest absolute Gasteiger partial charge is 0.295 e. The van der Waals surface area contributed by atoms with Crippen LogP contribution in [0.1, 0.15) is 15.9 Å². The summed E-state index contributed by atoms with van der Waals surface area (Å²) >= 11 is 0. The van der Waals surface area contributed by atoms with Gasteiger partial charge in [-0.15, -0.1) is 0 Å². The van der Waals surface area contributed by atoms with E-state index in [1.807, 2.05) is 18.2 Å². The van der Waals surface area contributed by atoms with Gasteiger partial charge in [0, 0.05) is 16.3 Å². The Bertz CT molecular complexity index is 1240. The Morgan fingerprint density at radius 2 is 1.56 bits per heavy atom. The minimum absolute atomic E-state index is 0.182. The molecule has 0 saturated heterocycles. The third-order valence-electron chi connectivity index (χ3n) is 4.32. The number of carbonyl (C=O) groups is 1. The molecule has 134 valence electrons. The Morgan fingerprint density at radius 1 is 0.852 bits per heavy atom. The molecule has 0 saturated carbocycles. The van der Waals surface area contributed by atoms with Crippen molar-refractivity contribution in [2.75, 3.05) is 5.43 Å². The van der Waals surface area contributed by atoms with E-state index in [0.29, 0.717) is 22.0 Å². The third kappa shape index (κ3) is 3.14. The van der Waals surface area contributed by atoms with E-state index in [0.717, 1.165) is 5.56 Å². The maximum absolute atomic E-state index is 12.6. The van der Waals surface area contributed by atoms with Crippen molar-refractivity contribution in [3.05, 3.63) is 77.9 Å². The second-order valence-corrected chi connectivity index (χ2v) is 7.38. The number of hydrazone groups is 1. The number of Topliss-reactive ketones (excluding diaryl/α,β-unsaturated/α-hetero) is 1. The van der Waals surface area contributed by atoms with E-state index in [1.165, 1.54) is 12.1 Å². The zero-order valence-electron chi connectivity index (χ0n) is 14.0. The van der Waals surface area contributed by atoms with Crippen LogP contribution in [0.4, 0.5) is 5.69 Å². The maximum Gasteiger partial charge on any atom is 0.295 e. The van der Waals surface area contributed by atoms with Crippen molar-refractivity contribution >= 4 is 44.1 Å². The molecule has 0 fully saturated rings. The van der Waals surface area contributed by atoms with Gasteiger partial charge in [-0.25, -0.2) is 0 Å². The van der Waals surface area contributed by atoms with Gasteiger partial charge in [-0.3, -0.25) is 14.8 Å². The van der Waals surface area contributed by atoms with Crippen LogP contribution in [-0.2, 0) is 10.1 Å². The summed E-state index contributed by atoms with van der Waals surface area (Å²) in [6.45, 7) is 0. The van der Waals surface area contributed by atoms with Gasteiger partial charge in [-0.2, -0.15) is 13.5 Å². The Balaban J connectivity index is 1.74. The minimum Gasteiger partial charge on any atom is -0.287 e. The molecule has 0 unspecified atom stereocenters. The highest BCUT2D eigenvalue weighted by Crippen LogP contribution is 2.29. The molecular weight excluding hydrogens is 364 g/mol. The van der Waals surface area contributed by atoms with Crippen molar-refractivity contribution < 1.29 is 17.8 Å². The smallest absolute Gasteiger partial charge is 0.287 e. The molecule has 3 aromatic carbocycles. The highest BCUT2D eigenvalue weighted by atomic mass is 32.2. The highest BCUT2D eigenvalue weighted by Gasteiger charge is 2.19. The van der Waals surface area contributed by atoms with Gasteiger partial charge in [-0.1, -0.05) is 54.6 Å². The second kappa shape index (κ2) is 6.46. The number of hydrogen-bond acceptors (Lipinski definition) is 5. The molecular formula is C20H14N2O4S. The lowest BCUT2D eigenvalue weighted by Crippen LogP contribution is -2.18. The summed E-state index contributed by atoms with van der Waals surface area (Å²) in [6, 6.07) is 16.8. The van der Waals surface area contributed by atoms with Crippen LogP contribution in [0.3, 0.4) is 0 Å². The van der Waals surface area contributed by atoms with E-state index in [4.69, 9.17) is 0 Å². The predicted octanol–water partition coefficient (Wildman–Crippen LogP) is 3.76. The number of ketones is 1. The molecule has 0 radical (unpaired) electrons. The average molecular weight is 378 g/mol. The van der Waals surface area contributed by atoms with Crippen LogP contribution in [0, 0.1) is 0 Å². The number of rotatable bonds is 3. The van der Waals surface area contributed by atoms with E-state index in [2.05, 4.69) is 10.5 Å². The fourth-order valence-electron chi connectivity index (χ4n) is 3.03. The van der Waals surface area contributed by atoms with Crippen LogP contribution in [-0.4, -0.2) is 24.5 Å².